The highest BCUT2D eigenvalue weighted by Crippen LogP contribution is 2.24. The molecule has 3 rings (SSSR count). The Kier molecular flexibility index (Phi) is 10.0. The average Bonchev–Trinajstić information content (AvgIpc) is 2.85. The predicted octanol–water partition coefficient (Wildman–Crippen LogP) is 6.49. The lowest BCUT2D eigenvalue weighted by molar-refractivity contribution is 0.0937. The molecule has 0 aromatic heterocycles. The Morgan fingerprint density at radius 1 is 0.944 bits per heavy atom. The van der Waals surface area contributed by atoms with Gasteiger partial charge in [0.25, 0.3) is 11.8 Å². The zero-order valence-corrected chi connectivity index (χ0v) is 22.9. The molecular weight excluding hydrogens is 538 g/mol. The maximum absolute atomic E-state index is 12.9. The predicted molar refractivity (Wildman–Crippen MR) is 152 cm³/mol. The average molecular weight is 569 g/mol. The summed E-state index contributed by atoms with van der Waals surface area (Å²) < 4.78 is 6.60. The molecule has 3 N–H and O–H groups in total. The van der Waals surface area contributed by atoms with E-state index in [2.05, 4.69) is 45.7 Å². The number of anilines is 1. The van der Waals surface area contributed by atoms with Crippen molar-refractivity contribution in [1.82, 2.24) is 10.6 Å². The molecule has 3 aromatic carbocycles. The van der Waals surface area contributed by atoms with Crippen molar-refractivity contribution in [3.63, 3.8) is 0 Å². The van der Waals surface area contributed by atoms with Gasteiger partial charge in [-0.1, -0.05) is 66.2 Å². The number of halogens is 1. The summed E-state index contributed by atoms with van der Waals surface area (Å²) in [6.07, 6.45) is 0.880. The first-order valence-corrected chi connectivity index (χ1v) is 12.9. The molecule has 0 saturated carbocycles. The van der Waals surface area contributed by atoms with E-state index in [4.69, 9.17) is 17.0 Å². The van der Waals surface area contributed by atoms with Crippen LogP contribution in [0.1, 0.15) is 59.5 Å². The molecular formula is C28H30BrN3O3S. The van der Waals surface area contributed by atoms with Gasteiger partial charge in [-0.15, -0.1) is 0 Å². The molecule has 8 heteroatoms. The molecule has 3 aromatic rings. The number of carbonyl (C=O) groups excluding carboxylic acids is 2. The van der Waals surface area contributed by atoms with E-state index in [-0.39, 0.29) is 23.0 Å². The minimum absolute atomic E-state index is 0.114. The summed E-state index contributed by atoms with van der Waals surface area (Å²) in [5.41, 5.74) is 2.46. The van der Waals surface area contributed by atoms with E-state index in [0.29, 0.717) is 35.1 Å². The van der Waals surface area contributed by atoms with Crippen LogP contribution in [-0.2, 0) is 0 Å². The molecule has 0 saturated heterocycles. The number of rotatable bonds is 9. The lowest BCUT2D eigenvalue weighted by Gasteiger charge is -2.16. The van der Waals surface area contributed by atoms with Gasteiger partial charge in [0.1, 0.15) is 5.75 Å². The van der Waals surface area contributed by atoms with Crippen molar-refractivity contribution in [3.05, 3.63) is 94.0 Å². The molecule has 36 heavy (non-hydrogen) atoms. The number of nitrogens with one attached hydrogen (secondary N) is 3. The number of ether oxygens (including phenoxy) is 1. The third-order valence-electron chi connectivity index (χ3n) is 5.40. The van der Waals surface area contributed by atoms with Gasteiger partial charge in [0, 0.05) is 15.7 Å². The van der Waals surface area contributed by atoms with E-state index in [1.54, 1.807) is 36.4 Å². The number of benzene rings is 3. The summed E-state index contributed by atoms with van der Waals surface area (Å²) in [6, 6.07) is 21.8. The van der Waals surface area contributed by atoms with Crippen LogP contribution in [0.4, 0.5) is 5.69 Å². The summed E-state index contributed by atoms with van der Waals surface area (Å²) in [6.45, 7) is 6.68. The summed E-state index contributed by atoms with van der Waals surface area (Å²) >= 11 is 8.76. The summed E-state index contributed by atoms with van der Waals surface area (Å²) in [5, 5.41) is 8.78. The van der Waals surface area contributed by atoms with Crippen LogP contribution in [0.15, 0.2) is 77.3 Å². The van der Waals surface area contributed by atoms with Crippen LogP contribution in [0, 0.1) is 5.92 Å². The standard InChI is InChI=1S/C28H30BrN3O3S/c1-18(2)14-15-35-25-13-12-22(29)17-24(25)27(34)32-28(36)31-23-11-7-10-21(16-23)26(33)30-19(3)20-8-5-4-6-9-20/h4-13,16-19H,14-15H2,1-3H3,(H,30,33)(H2,31,32,34,36). The zero-order chi connectivity index (χ0) is 26.1. The fourth-order valence-electron chi connectivity index (χ4n) is 3.39. The van der Waals surface area contributed by atoms with Gasteiger partial charge in [0.15, 0.2) is 5.11 Å². The number of carbonyl (C=O) groups is 2. The molecule has 188 valence electrons. The fraction of sp³-hybridized carbons (Fsp3) is 0.250. The monoisotopic (exact) mass is 567 g/mol. The van der Waals surface area contributed by atoms with Gasteiger partial charge >= 0.3 is 0 Å². The van der Waals surface area contributed by atoms with Crippen LogP contribution in [0.5, 0.6) is 5.75 Å². The lowest BCUT2D eigenvalue weighted by atomic mass is 10.1. The summed E-state index contributed by atoms with van der Waals surface area (Å²) in [4.78, 5) is 25.7. The highest BCUT2D eigenvalue weighted by atomic mass is 79.9. The number of hydrogen-bond acceptors (Lipinski definition) is 4. The minimum Gasteiger partial charge on any atom is -0.493 e. The SMILES string of the molecule is CC(C)CCOc1ccc(Br)cc1C(=O)NC(=S)Nc1cccc(C(=O)NC(C)c2ccccc2)c1. The molecule has 6 nitrogen and oxygen atoms in total. The number of amides is 2. The van der Waals surface area contributed by atoms with E-state index in [1.807, 2.05) is 43.3 Å². The van der Waals surface area contributed by atoms with Crippen molar-refractivity contribution in [3.8, 4) is 5.75 Å². The molecule has 1 unspecified atom stereocenters. The molecule has 0 spiro atoms. The van der Waals surface area contributed by atoms with Gasteiger partial charge in [-0.3, -0.25) is 14.9 Å². The Balaban J connectivity index is 1.62. The van der Waals surface area contributed by atoms with E-state index >= 15 is 0 Å². The van der Waals surface area contributed by atoms with Crippen LogP contribution in [0.2, 0.25) is 0 Å². The third-order valence-corrected chi connectivity index (χ3v) is 6.09. The van der Waals surface area contributed by atoms with Crippen LogP contribution in [0.25, 0.3) is 0 Å². The summed E-state index contributed by atoms with van der Waals surface area (Å²) in [7, 11) is 0. The maximum atomic E-state index is 12.9. The summed E-state index contributed by atoms with van der Waals surface area (Å²) in [5.74, 6) is 0.389. The zero-order valence-electron chi connectivity index (χ0n) is 20.5. The second-order valence-electron chi connectivity index (χ2n) is 8.77. The molecule has 0 bridgehead atoms. The largest absolute Gasteiger partial charge is 0.493 e. The van der Waals surface area contributed by atoms with Gasteiger partial charge < -0.3 is 15.4 Å². The van der Waals surface area contributed by atoms with Crippen molar-refractivity contribution < 1.29 is 14.3 Å². The van der Waals surface area contributed by atoms with Crippen LogP contribution < -0.4 is 20.7 Å². The molecule has 0 aliphatic carbocycles. The second kappa shape index (κ2) is 13.2. The molecule has 0 radical (unpaired) electrons. The Hall–Kier alpha value is -3.23. The van der Waals surface area contributed by atoms with E-state index in [9.17, 15) is 9.59 Å². The normalized spacial score (nSPS) is 11.5. The van der Waals surface area contributed by atoms with Crippen molar-refractivity contribution in [2.75, 3.05) is 11.9 Å². The van der Waals surface area contributed by atoms with Gasteiger partial charge in [-0.25, -0.2) is 0 Å². The van der Waals surface area contributed by atoms with Crippen LogP contribution >= 0.6 is 28.1 Å². The first-order chi connectivity index (χ1) is 17.2. The Morgan fingerprint density at radius 2 is 1.69 bits per heavy atom. The molecule has 0 aliphatic heterocycles. The Labute approximate surface area is 226 Å². The molecule has 1 atom stereocenters. The first kappa shape index (κ1) is 27.4. The fourth-order valence-corrected chi connectivity index (χ4v) is 3.96. The smallest absolute Gasteiger partial charge is 0.261 e. The van der Waals surface area contributed by atoms with E-state index < -0.39 is 0 Å². The van der Waals surface area contributed by atoms with Gasteiger partial charge in [-0.05, 0) is 73.4 Å². The Bertz CT molecular complexity index is 1220. The third kappa shape index (κ3) is 8.17. The van der Waals surface area contributed by atoms with Gasteiger partial charge in [0.05, 0.1) is 18.2 Å². The van der Waals surface area contributed by atoms with Gasteiger partial charge in [-0.2, -0.15) is 0 Å². The van der Waals surface area contributed by atoms with E-state index in [0.717, 1.165) is 16.5 Å². The first-order valence-electron chi connectivity index (χ1n) is 11.7. The van der Waals surface area contributed by atoms with Gasteiger partial charge in [0.2, 0.25) is 0 Å². The van der Waals surface area contributed by atoms with Crippen molar-refractivity contribution in [2.24, 2.45) is 5.92 Å². The van der Waals surface area contributed by atoms with Crippen LogP contribution in [-0.4, -0.2) is 23.5 Å². The molecule has 0 aliphatic rings. The van der Waals surface area contributed by atoms with Crippen LogP contribution in [0.3, 0.4) is 0 Å². The minimum atomic E-state index is -0.390. The Morgan fingerprint density at radius 3 is 2.42 bits per heavy atom. The number of thiocarbonyl (C=S) groups is 1. The lowest BCUT2D eigenvalue weighted by Crippen LogP contribution is -2.34. The molecule has 0 fully saturated rings. The van der Waals surface area contributed by atoms with Crippen molar-refractivity contribution >= 4 is 50.8 Å². The van der Waals surface area contributed by atoms with Crippen molar-refractivity contribution in [1.29, 1.82) is 0 Å². The van der Waals surface area contributed by atoms with Crippen molar-refractivity contribution in [2.45, 2.75) is 33.2 Å². The number of hydrogen-bond donors (Lipinski definition) is 3. The highest BCUT2D eigenvalue weighted by molar-refractivity contribution is 9.10. The molecule has 2 amide bonds. The molecule has 0 heterocycles. The topological polar surface area (TPSA) is 79.5 Å². The highest BCUT2D eigenvalue weighted by Gasteiger charge is 2.16. The quantitative estimate of drug-likeness (QED) is 0.257. The second-order valence-corrected chi connectivity index (χ2v) is 10.1. The van der Waals surface area contributed by atoms with E-state index in [1.165, 1.54) is 0 Å². The maximum Gasteiger partial charge on any atom is 0.261 e.